The lowest BCUT2D eigenvalue weighted by Gasteiger charge is -2.34. The molecule has 0 aliphatic carbocycles. The smallest absolute Gasteiger partial charge is 0.228 e. The van der Waals surface area contributed by atoms with Crippen molar-refractivity contribution in [2.24, 2.45) is 0 Å². The third-order valence-electron chi connectivity index (χ3n) is 5.44. The number of piperazine rings is 1. The minimum atomic E-state index is -0.0287. The molecule has 2 amide bonds. The Morgan fingerprint density at radius 2 is 1.55 bits per heavy atom. The van der Waals surface area contributed by atoms with Crippen LogP contribution in [0.4, 0.5) is 0 Å². The van der Waals surface area contributed by atoms with Crippen LogP contribution in [-0.2, 0) is 16.0 Å². The van der Waals surface area contributed by atoms with Crippen LogP contribution in [0.2, 0.25) is 0 Å². The molecule has 152 valence electrons. The van der Waals surface area contributed by atoms with Crippen LogP contribution in [0.15, 0.2) is 42.6 Å². The van der Waals surface area contributed by atoms with Crippen LogP contribution in [0.1, 0.15) is 40.0 Å². The average Bonchev–Trinajstić information content (AvgIpc) is 2.74. The van der Waals surface area contributed by atoms with Crippen molar-refractivity contribution in [1.82, 2.24) is 14.8 Å². The molecule has 2 aromatic rings. The number of pyridine rings is 1. The molecule has 1 aliphatic rings. The predicted molar refractivity (Wildman–Crippen MR) is 111 cm³/mol. The molecule has 0 saturated carbocycles. The van der Waals surface area contributed by atoms with Crippen LogP contribution in [0.3, 0.4) is 0 Å². The monoisotopic (exact) mass is 393 g/mol. The second kappa shape index (κ2) is 9.45. The van der Waals surface area contributed by atoms with Crippen molar-refractivity contribution in [3.05, 3.63) is 65.0 Å². The van der Waals surface area contributed by atoms with Gasteiger partial charge in [-0.15, -0.1) is 0 Å². The van der Waals surface area contributed by atoms with Gasteiger partial charge in [0.15, 0.2) is 5.78 Å². The second-order valence-corrected chi connectivity index (χ2v) is 7.48. The quantitative estimate of drug-likeness (QED) is 0.708. The summed E-state index contributed by atoms with van der Waals surface area (Å²) in [6, 6.07) is 11.2. The Labute approximate surface area is 171 Å². The predicted octanol–water partition coefficient (Wildman–Crippen LogP) is 2.57. The van der Waals surface area contributed by atoms with E-state index >= 15 is 0 Å². The molecule has 0 spiro atoms. The number of Topliss-reactive ketones (excluding diaryl/α,β-unsaturated/α-hetero) is 1. The number of amides is 2. The van der Waals surface area contributed by atoms with Crippen LogP contribution in [-0.4, -0.2) is 58.6 Å². The zero-order chi connectivity index (χ0) is 20.8. The lowest BCUT2D eigenvalue weighted by molar-refractivity contribution is -0.139. The maximum Gasteiger partial charge on any atom is 0.228 e. The Balaban J connectivity index is 1.44. The molecule has 1 fully saturated rings. The molecule has 6 heteroatoms. The van der Waals surface area contributed by atoms with Crippen LogP contribution < -0.4 is 0 Å². The summed E-state index contributed by atoms with van der Waals surface area (Å²) >= 11 is 0. The van der Waals surface area contributed by atoms with Gasteiger partial charge >= 0.3 is 0 Å². The first-order valence-electron chi connectivity index (χ1n) is 10.00. The lowest BCUT2D eigenvalue weighted by Crippen LogP contribution is -2.51. The summed E-state index contributed by atoms with van der Waals surface area (Å²) in [6.07, 6.45) is 2.37. The van der Waals surface area contributed by atoms with Crippen molar-refractivity contribution in [2.75, 3.05) is 26.2 Å². The molecular formula is C23H27N3O3. The second-order valence-electron chi connectivity index (χ2n) is 7.48. The number of nitrogens with zero attached hydrogens (tertiary/aromatic N) is 3. The highest BCUT2D eigenvalue weighted by Gasteiger charge is 2.24. The van der Waals surface area contributed by atoms with Gasteiger partial charge in [0.2, 0.25) is 11.8 Å². The topological polar surface area (TPSA) is 70.6 Å². The van der Waals surface area contributed by atoms with Crippen LogP contribution >= 0.6 is 0 Å². The summed E-state index contributed by atoms with van der Waals surface area (Å²) < 4.78 is 0. The van der Waals surface area contributed by atoms with Gasteiger partial charge in [-0.3, -0.25) is 19.4 Å². The fourth-order valence-corrected chi connectivity index (χ4v) is 3.41. The first kappa shape index (κ1) is 20.7. The lowest BCUT2D eigenvalue weighted by atomic mass is 10.0. The number of benzene rings is 1. The molecule has 6 nitrogen and oxygen atoms in total. The van der Waals surface area contributed by atoms with Crippen molar-refractivity contribution in [1.29, 1.82) is 0 Å². The Bertz CT molecular complexity index is 887. The zero-order valence-electron chi connectivity index (χ0n) is 17.1. The number of carbonyl (C=O) groups excluding carboxylic acids is 3. The molecule has 0 N–H and O–H groups in total. The van der Waals surface area contributed by atoms with Gasteiger partial charge < -0.3 is 9.80 Å². The van der Waals surface area contributed by atoms with Crippen LogP contribution in [0, 0.1) is 13.8 Å². The van der Waals surface area contributed by atoms with E-state index in [4.69, 9.17) is 0 Å². The molecule has 1 saturated heterocycles. The maximum atomic E-state index is 12.5. The minimum absolute atomic E-state index is 0.00868. The van der Waals surface area contributed by atoms with Gasteiger partial charge in [-0.05, 0) is 43.2 Å². The zero-order valence-corrected chi connectivity index (χ0v) is 17.1. The molecule has 1 aliphatic heterocycles. The molecule has 3 rings (SSSR count). The van der Waals surface area contributed by atoms with Crippen molar-refractivity contribution in [3.8, 4) is 0 Å². The fraction of sp³-hybridized carbons (Fsp3) is 0.391. The summed E-state index contributed by atoms with van der Waals surface area (Å²) in [5.41, 5.74) is 3.63. The molecule has 0 atom stereocenters. The van der Waals surface area contributed by atoms with E-state index in [0.717, 1.165) is 16.8 Å². The Kier molecular flexibility index (Phi) is 6.75. The van der Waals surface area contributed by atoms with E-state index in [1.54, 1.807) is 16.0 Å². The minimum Gasteiger partial charge on any atom is -0.339 e. The molecule has 0 unspecified atom stereocenters. The Morgan fingerprint density at radius 3 is 2.17 bits per heavy atom. The third kappa shape index (κ3) is 5.50. The third-order valence-corrected chi connectivity index (χ3v) is 5.44. The van der Waals surface area contributed by atoms with Gasteiger partial charge in [-0.1, -0.05) is 18.2 Å². The van der Waals surface area contributed by atoms with E-state index in [2.05, 4.69) is 4.98 Å². The maximum absolute atomic E-state index is 12.5. The Morgan fingerprint density at radius 1 is 0.862 bits per heavy atom. The van der Waals surface area contributed by atoms with E-state index in [-0.39, 0.29) is 36.9 Å². The number of hydrogen-bond donors (Lipinski definition) is 0. The van der Waals surface area contributed by atoms with Crippen molar-refractivity contribution in [3.63, 3.8) is 0 Å². The Hall–Kier alpha value is -3.02. The average molecular weight is 393 g/mol. The van der Waals surface area contributed by atoms with Crippen LogP contribution in [0.25, 0.3) is 0 Å². The SMILES string of the molecule is Cc1ccc(C(=O)CCC(=O)N2CCN(C(=O)Cc3ccccn3)CC2)cc1C. The van der Waals surface area contributed by atoms with Gasteiger partial charge in [0.25, 0.3) is 0 Å². The van der Waals surface area contributed by atoms with Crippen molar-refractivity contribution < 1.29 is 14.4 Å². The number of carbonyl (C=O) groups is 3. The van der Waals surface area contributed by atoms with Gasteiger partial charge in [0.05, 0.1) is 6.42 Å². The molecule has 1 aromatic carbocycles. The first-order valence-corrected chi connectivity index (χ1v) is 10.00. The van der Waals surface area contributed by atoms with Crippen molar-refractivity contribution in [2.45, 2.75) is 33.1 Å². The number of rotatable bonds is 6. The molecule has 1 aromatic heterocycles. The molecule has 2 heterocycles. The van der Waals surface area contributed by atoms with Crippen molar-refractivity contribution >= 4 is 17.6 Å². The summed E-state index contributed by atoms with van der Waals surface area (Å²) in [5.74, 6) is -0.00893. The highest BCUT2D eigenvalue weighted by atomic mass is 16.2. The van der Waals surface area contributed by atoms with Crippen LogP contribution in [0.5, 0.6) is 0 Å². The summed E-state index contributed by atoms with van der Waals surface area (Å²) in [7, 11) is 0. The molecule has 0 radical (unpaired) electrons. The first-order chi connectivity index (χ1) is 13.9. The number of hydrogen-bond acceptors (Lipinski definition) is 4. The summed E-state index contributed by atoms with van der Waals surface area (Å²) in [6.45, 7) is 6.03. The number of ketones is 1. The highest BCUT2D eigenvalue weighted by molar-refractivity contribution is 5.98. The molecular weight excluding hydrogens is 366 g/mol. The van der Waals surface area contributed by atoms with E-state index in [1.807, 2.05) is 50.2 Å². The van der Waals surface area contributed by atoms with E-state index < -0.39 is 0 Å². The number of aromatic nitrogens is 1. The largest absolute Gasteiger partial charge is 0.339 e. The van der Waals surface area contributed by atoms with E-state index in [1.165, 1.54) is 0 Å². The van der Waals surface area contributed by atoms with Gasteiger partial charge in [-0.25, -0.2) is 0 Å². The van der Waals surface area contributed by atoms with Gasteiger partial charge in [-0.2, -0.15) is 0 Å². The molecule has 29 heavy (non-hydrogen) atoms. The number of aryl methyl sites for hydroxylation is 2. The highest BCUT2D eigenvalue weighted by Crippen LogP contribution is 2.14. The normalized spacial score (nSPS) is 14.0. The molecule has 0 bridgehead atoms. The summed E-state index contributed by atoms with van der Waals surface area (Å²) in [4.78, 5) is 45.0. The van der Waals surface area contributed by atoms with E-state index in [9.17, 15) is 14.4 Å². The standard InChI is InChI=1S/C23H27N3O3/c1-17-6-7-19(15-18(17)2)21(27)8-9-22(28)25-11-13-26(14-12-25)23(29)16-20-5-3-4-10-24-20/h3-7,10,15H,8-9,11-14,16H2,1-2H3. The fourth-order valence-electron chi connectivity index (χ4n) is 3.41. The summed E-state index contributed by atoms with van der Waals surface area (Å²) in [5, 5.41) is 0. The van der Waals surface area contributed by atoms with Gasteiger partial charge in [0.1, 0.15) is 0 Å². The van der Waals surface area contributed by atoms with Gasteiger partial charge in [0, 0.05) is 56.5 Å². The van der Waals surface area contributed by atoms with E-state index in [0.29, 0.717) is 31.7 Å².